The van der Waals surface area contributed by atoms with Crippen molar-refractivity contribution in [3.8, 4) is 33.4 Å². The van der Waals surface area contributed by atoms with Gasteiger partial charge in [0.2, 0.25) is 0 Å². The number of benzene rings is 8. The molecule has 9 rings (SSSR count). The molecule has 0 heteroatoms. The van der Waals surface area contributed by atoms with Gasteiger partial charge in [-0.3, -0.25) is 0 Å². The van der Waals surface area contributed by atoms with Crippen molar-refractivity contribution in [2.24, 2.45) is 0 Å². The molecule has 222 valence electrons. The topological polar surface area (TPSA) is 0 Å². The second-order valence-electron chi connectivity index (χ2n) is 13.3. The maximum absolute atomic E-state index is 2.45. The summed E-state index contributed by atoms with van der Waals surface area (Å²) in [7, 11) is 0. The van der Waals surface area contributed by atoms with Crippen molar-refractivity contribution in [1.82, 2.24) is 0 Å². The lowest BCUT2D eigenvalue weighted by molar-refractivity contribution is 0.660. The Morgan fingerprint density at radius 3 is 1.91 bits per heavy atom. The molecule has 8 aromatic rings. The summed E-state index contributed by atoms with van der Waals surface area (Å²) in [6, 6.07) is 58.1. The smallest absolute Gasteiger partial charge is 0.0158 e. The summed E-state index contributed by atoms with van der Waals surface area (Å²) < 4.78 is 0. The van der Waals surface area contributed by atoms with Gasteiger partial charge >= 0.3 is 0 Å². The van der Waals surface area contributed by atoms with Crippen LogP contribution in [0.15, 0.2) is 158 Å². The fourth-order valence-corrected chi connectivity index (χ4v) is 7.87. The Morgan fingerprint density at radius 2 is 1.04 bits per heavy atom. The summed E-state index contributed by atoms with van der Waals surface area (Å²) in [6.07, 6.45) is 4.55. The summed E-state index contributed by atoms with van der Waals surface area (Å²) in [6.45, 7) is 4.71. The molecule has 0 saturated carbocycles. The zero-order valence-electron chi connectivity index (χ0n) is 26.7. The molecule has 0 heterocycles. The first-order chi connectivity index (χ1) is 23.1. The van der Waals surface area contributed by atoms with Gasteiger partial charge in [-0.2, -0.15) is 0 Å². The van der Waals surface area contributed by atoms with Gasteiger partial charge in [0, 0.05) is 5.41 Å². The molecule has 0 fully saturated rings. The van der Waals surface area contributed by atoms with Crippen LogP contribution in [0.5, 0.6) is 0 Å². The van der Waals surface area contributed by atoms with E-state index in [1.165, 1.54) is 88.0 Å². The van der Waals surface area contributed by atoms with Crippen molar-refractivity contribution in [1.29, 1.82) is 0 Å². The first kappa shape index (κ1) is 27.6. The zero-order chi connectivity index (χ0) is 31.5. The van der Waals surface area contributed by atoms with Crippen LogP contribution in [0.4, 0.5) is 0 Å². The molecule has 0 bridgehead atoms. The summed E-state index contributed by atoms with van der Waals surface area (Å²) in [5, 5.41) is 7.59. The Balaban J connectivity index is 1.34. The predicted molar refractivity (Wildman–Crippen MR) is 203 cm³/mol. The highest BCUT2D eigenvalue weighted by Gasteiger charge is 2.35. The molecular formula is C47H34. The molecule has 0 aromatic heterocycles. The van der Waals surface area contributed by atoms with Crippen LogP contribution in [0, 0.1) is 0 Å². The molecule has 0 aliphatic heterocycles. The Labute approximate surface area is 276 Å². The molecule has 0 nitrogen and oxygen atoms in total. The Kier molecular flexibility index (Phi) is 6.27. The Morgan fingerprint density at radius 1 is 0.404 bits per heavy atom. The van der Waals surface area contributed by atoms with Gasteiger partial charge in [0.15, 0.2) is 0 Å². The Bertz CT molecular complexity index is 2530. The van der Waals surface area contributed by atoms with E-state index in [1.807, 2.05) is 0 Å². The summed E-state index contributed by atoms with van der Waals surface area (Å²) in [5.74, 6) is 0. The van der Waals surface area contributed by atoms with E-state index in [0.717, 1.165) is 0 Å². The molecule has 0 saturated heterocycles. The predicted octanol–water partition coefficient (Wildman–Crippen LogP) is 13.0. The highest BCUT2D eigenvalue weighted by atomic mass is 14.4. The van der Waals surface area contributed by atoms with Crippen molar-refractivity contribution in [2.45, 2.75) is 19.3 Å². The average molecular weight is 599 g/mol. The van der Waals surface area contributed by atoms with Crippen LogP contribution >= 0.6 is 0 Å². The molecule has 1 aliphatic carbocycles. The second-order valence-corrected chi connectivity index (χ2v) is 13.3. The van der Waals surface area contributed by atoms with E-state index < -0.39 is 0 Å². The van der Waals surface area contributed by atoms with Crippen molar-refractivity contribution < 1.29 is 0 Å². The van der Waals surface area contributed by atoms with Crippen LogP contribution in [0.1, 0.15) is 36.1 Å². The molecular weight excluding hydrogens is 565 g/mol. The maximum atomic E-state index is 2.45. The minimum Gasteiger partial charge on any atom is -0.0622 e. The molecule has 0 unspecified atom stereocenters. The lowest BCUT2D eigenvalue weighted by atomic mass is 9.81. The van der Waals surface area contributed by atoms with E-state index >= 15 is 0 Å². The van der Waals surface area contributed by atoms with Gasteiger partial charge in [0.25, 0.3) is 0 Å². The van der Waals surface area contributed by atoms with Gasteiger partial charge in [-0.1, -0.05) is 166 Å². The fourth-order valence-electron chi connectivity index (χ4n) is 7.87. The normalized spacial score (nSPS) is 13.4. The van der Waals surface area contributed by atoms with Crippen LogP contribution in [-0.4, -0.2) is 0 Å². The molecule has 0 amide bonds. The monoisotopic (exact) mass is 598 g/mol. The van der Waals surface area contributed by atoms with Gasteiger partial charge in [0.05, 0.1) is 0 Å². The lowest BCUT2D eigenvalue weighted by Crippen LogP contribution is -2.14. The van der Waals surface area contributed by atoms with Crippen LogP contribution in [-0.2, 0) is 5.41 Å². The largest absolute Gasteiger partial charge is 0.0622 e. The van der Waals surface area contributed by atoms with E-state index in [-0.39, 0.29) is 5.41 Å². The average Bonchev–Trinajstić information content (AvgIpc) is 3.35. The zero-order valence-corrected chi connectivity index (χ0v) is 26.7. The number of hydrogen-bond acceptors (Lipinski definition) is 0. The van der Waals surface area contributed by atoms with E-state index in [2.05, 4.69) is 184 Å². The quantitative estimate of drug-likeness (QED) is 0.140. The first-order valence-electron chi connectivity index (χ1n) is 16.5. The van der Waals surface area contributed by atoms with Crippen molar-refractivity contribution in [2.75, 3.05) is 0 Å². The van der Waals surface area contributed by atoms with Crippen LogP contribution < -0.4 is 0 Å². The van der Waals surface area contributed by atoms with Crippen LogP contribution in [0.3, 0.4) is 0 Å². The molecule has 47 heavy (non-hydrogen) atoms. The molecule has 0 N–H and O–H groups in total. The lowest BCUT2D eigenvalue weighted by Gasteiger charge is -2.22. The number of fused-ring (bicyclic) bond motifs is 6. The standard InChI is InChI=1S/C47H34/c1-47(2)44-19-11-10-17-40(44)42-30-36(24-27-45(42)47)46-41-18-9-8-16-37(41)38(25-20-31-12-4-3-5-13-31)39-26-23-35(29-43(39)46)34-22-21-32-14-6-7-15-33(32)28-34/h3-30H,1-2H3/b25-20+. The third kappa shape index (κ3) is 4.44. The van der Waals surface area contributed by atoms with Gasteiger partial charge in [-0.05, 0) is 106 Å². The van der Waals surface area contributed by atoms with E-state index in [4.69, 9.17) is 0 Å². The van der Waals surface area contributed by atoms with Gasteiger partial charge < -0.3 is 0 Å². The maximum Gasteiger partial charge on any atom is 0.0158 e. The third-order valence-electron chi connectivity index (χ3n) is 10.3. The minimum absolute atomic E-state index is 0.0239. The first-order valence-corrected chi connectivity index (χ1v) is 16.5. The third-order valence-corrected chi connectivity index (χ3v) is 10.3. The highest BCUT2D eigenvalue weighted by Crippen LogP contribution is 2.51. The fraction of sp³-hybridized carbons (Fsp3) is 0.0638. The summed E-state index contributed by atoms with van der Waals surface area (Å²) >= 11 is 0. The van der Waals surface area contributed by atoms with Crippen molar-refractivity contribution in [3.05, 3.63) is 180 Å². The number of rotatable bonds is 4. The van der Waals surface area contributed by atoms with E-state index in [9.17, 15) is 0 Å². The molecule has 1 aliphatic rings. The van der Waals surface area contributed by atoms with E-state index in [1.54, 1.807) is 0 Å². The SMILES string of the molecule is CC1(C)c2ccccc2-c2cc(-c3c4ccccc4c(/C=C/c4ccccc4)c4ccc(-c5ccc6ccccc6c5)cc34)ccc21. The minimum atomic E-state index is -0.0239. The van der Waals surface area contributed by atoms with Gasteiger partial charge in [-0.15, -0.1) is 0 Å². The second kappa shape index (κ2) is 10.7. The summed E-state index contributed by atoms with van der Waals surface area (Å²) in [5.41, 5.74) is 12.9. The van der Waals surface area contributed by atoms with Crippen molar-refractivity contribution >= 4 is 44.5 Å². The van der Waals surface area contributed by atoms with Crippen molar-refractivity contribution in [3.63, 3.8) is 0 Å². The highest BCUT2D eigenvalue weighted by molar-refractivity contribution is 6.19. The van der Waals surface area contributed by atoms with Gasteiger partial charge in [0.1, 0.15) is 0 Å². The molecule has 0 spiro atoms. The number of hydrogen-bond donors (Lipinski definition) is 0. The van der Waals surface area contributed by atoms with Crippen LogP contribution in [0.25, 0.3) is 77.9 Å². The van der Waals surface area contributed by atoms with Crippen LogP contribution in [0.2, 0.25) is 0 Å². The molecule has 0 atom stereocenters. The molecule has 0 radical (unpaired) electrons. The van der Waals surface area contributed by atoms with Gasteiger partial charge in [-0.25, -0.2) is 0 Å². The Hall–Kier alpha value is -5.72. The molecule has 8 aromatic carbocycles. The van der Waals surface area contributed by atoms with E-state index in [0.29, 0.717) is 0 Å². The summed E-state index contributed by atoms with van der Waals surface area (Å²) in [4.78, 5) is 0.